The fraction of sp³-hybridized carbons (Fsp3) is 0.0208. The van der Waals surface area contributed by atoms with E-state index in [2.05, 4.69) is 35.6 Å². The Hall–Kier alpha value is -5.95. The van der Waals surface area contributed by atoms with Gasteiger partial charge >= 0.3 is 34.5 Å². The van der Waals surface area contributed by atoms with Crippen LogP contribution in [0.4, 0.5) is 5.69 Å². The minimum absolute atomic E-state index is 0.0406. The molecule has 6 aromatic carbocycles. The van der Waals surface area contributed by atoms with Gasteiger partial charge in [-0.05, 0) is 80.2 Å². The second-order valence-electron chi connectivity index (χ2n) is 12.8. The molecule has 0 saturated carbocycles. The molecule has 0 amide bonds. The Bertz CT molecular complexity index is 2780. The van der Waals surface area contributed by atoms with Crippen molar-refractivity contribution in [1.82, 2.24) is 5.32 Å². The molecule has 0 fully saturated rings. The molecule has 0 saturated heterocycles. The van der Waals surface area contributed by atoms with Gasteiger partial charge in [-0.2, -0.15) is 0 Å². The molecule has 0 bridgehead atoms. The predicted molar refractivity (Wildman–Crippen MR) is 235 cm³/mol. The van der Waals surface area contributed by atoms with Gasteiger partial charge in [0.2, 0.25) is 0 Å². The maximum absolute atomic E-state index is 13.5. The number of phenols is 1. The summed E-state index contributed by atoms with van der Waals surface area (Å²) in [5, 5.41) is 25.8. The van der Waals surface area contributed by atoms with Gasteiger partial charge in [0, 0.05) is 29.4 Å². The molecule has 6 nitrogen and oxygen atoms in total. The molecule has 0 radical (unpaired) electrons. The summed E-state index contributed by atoms with van der Waals surface area (Å²) in [6.07, 6.45) is 17.0. The van der Waals surface area contributed by atoms with E-state index in [9.17, 15) is 9.90 Å². The number of aliphatic hydroxyl groups is 1. The average Bonchev–Trinajstić information content (AvgIpc) is 3.26. The molecule has 3 N–H and O–H groups in total. The van der Waals surface area contributed by atoms with E-state index >= 15 is 0 Å². The Morgan fingerprint density at radius 3 is 1.93 bits per heavy atom. The first-order chi connectivity index (χ1) is 28.0. The minimum atomic E-state index is -0.346. The number of aromatic hydroxyl groups is 1. The number of carbonyl (C=O) groups is 1. The van der Waals surface area contributed by atoms with Gasteiger partial charge in [-0.3, -0.25) is 14.8 Å². The second-order valence-corrected chi connectivity index (χ2v) is 15.5. The van der Waals surface area contributed by atoms with Crippen molar-refractivity contribution < 1.29 is 30.2 Å². The molecule has 0 aromatic heterocycles. The number of rotatable bonds is 4. The van der Waals surface area contributed by atoms with Gasteiger partial charge in [-0.15, -0.1) is 0 Å². The topological polar surface area (TPSA) is 94.3 Å². The van der Waals surface area contributed by atoms with Crippen LogP contribution in [0.15, 0.2) is 179 Å². The van der Waals surface area contributed by atoms with Crippen LogP contribution < -0.4 is 5.32 Å². The number of halogens is 2. The maximum atomic E-state index is 13.5. The number of hydrogen-bond acceptors (Lipinski definition) is 6. The molecule has 57 heavy (non-hydrogen) atoms. The van der Waals surface area contributed by atoms with Crippen molar-refractivity contribution in [1.29, 1.82) is 0 Å². The van der Waals surface area contributed by atoms with E-state index in [-0.39, 0.29) is 26.7 Å². The van der Waals surface area contributed by atoms with Crippen LogP contribution >= 0.6 is 19.4 Å². The summed E-state index contributed by atoms with van der Waals surface area (Å²) in [7, 11) is 10.7. The first-order valence-corrected chi connectivity index (χ1v) is 22.4. The number of carbonyl (C=O) groups excluding carboxylic acids is 1. The number of ketones is 1. The van der Waals surface area contributed by atoms with Gasteiger partial charge < -0.3 is 15.5 Å². The summed E-state index contributed by atoms with van der Waals surface area (Å²) >= 11 is -0.346. The third kappa shape index (κ3) is 8.29. The molecule has 6 aromatic rings. The zero-order chi connectivity index (χ0) is 39.7. The summed E-state index contributed by atoms with van der Waals surface area (Å²) in [4.78, 5) is 23.5. The van der Waals surface area contributed by atoms with Crippen LogP contribution in [0.1, 0.15) is 22.3 Å². The summed E-state index contributed by atoms with van der Waals surface area (Å²) < 4.78 is 0. The molecule has 0 unspecified atom stereocenters. The quantitative estimate of drug-likeness (QED) is 0.0934. The molecular weight excluding hydrogens is 839 g/mol. The Balaban J connectivity index is 0.000000949. The van der Waals surface area contributed by atoms with E-state index < -0.39 is 0 Å². The van der Waals surface area contributed by atoms with Crippen LogP contribution in [0.2, 0.25) is 0 Å². The van der Waals surface area contributed by atoms with Crippen molar-refractivity contribution in [3.8, 4) is 16.9 Å². The van der Waals surface area contributed by atoms with E-state index in [1.54, 1.807) is 24.6 Å². The van der Waals surface area contributed by atoms with Crippen LogP contribution in [0.3, 0.4) is 0 Å². The molecule has 282 valence electrons. The second kappa shape index (κ2) is 18.3. The van der Waals surface area contributed by atoms with Crippen molar-refractivity contribution in [2.24, 2.45) is 9.98 Å². The molecular formula is C48H35Cl2N3O3Ru. The normalized spacial score (nSPS) is 16.8. The molecule has 2 aliphatic carbocycles. The number of aliphatic hydroxyl groups excluding tert-OH is 1. The first-order valence-electron chi connectivity index (χ1n) is 17.9. The van der Waals surface area contributed by atoms with E-state index in [0.717, 1.165) is 84.7 Å². The monoisotopic (exact) mass is 873 g/mol. The summed E-state index contributed by atoms with van der Waals surface area (Å²) in [5.41, 5.74) is 10.00. The number of fused-ring (bicyclic) bond motifs is 4. The number of nitrogens with one attached hydrogen (secondary N) is 1. The number of benzene rings is 6. The van der Waals surface area contributed by atoms with Crippen LogP contribution in [-0.4, -0.2) is 35.0 Å². The van der Waals surface area contributed by atoms with Crippen molar-refractivity contribution in [2.75, 3.05) is 7.11 Å². The van der Waals surface area contributed by atoms with E-state index in [0.29, 0.717) is 11.3 Å². The molecule has 3 aliphatic rings. The number of dihydropyridines is 1. The Morgan fingerprint density at radius 2 is 1.23 bits per heavy atom. The van der Waals surface area contributed by atoms with Gasteiger partial charge in [-0.25, -0.2) is 0 Å². The van der Waals surface area contributed by atoms with Gasteiger partial charge in [-0.1, -0.05) is 127 Å². The standard InChI is InChI=1S/C47H31N3O2.CH4O.2ClH.Ru/c51-42-26-22-32-12-3-7-18-38(32)46(42)44-36-16-5-1-10-30(36)20-24-40(44)48-28-34-14-9-15-35(50-34)29-49-41-25-21-31-11-2-6-17-37(31)45(41)47-39-19-8-4-13-33(39)23-27-43(47)52;1-2;;;/h1-29,50-51H;2H,1H3;2*1H;/q;;;;+2/p-2/b35-29-,47-45-,48-28?,49-41-;;;;. The fourth-order valence-corrected chi connectivity index (χ4v) is 7.23. The number of allylic oxidation sites excluding steroid dienone is 8. The summed E-state index contributed by atoms with van der Waals surface area (Å²) in [6.45, 7) is 0. The van der Waals surface area contributed by atoms with E-state index in [1.807, 2.05) is 121 Å². The zero-order valence-electron chi connectivity index (χ0n) is 30.5. The summed E-state index contributed by atoms with van der Waals surface area (Å²) in [6, 6.07) is 40.1. The number of phenolic OH excluding ortho intramolecular Hbond substituents is 1. The van der Waals surface area contributed by atoms with Gasteiger partial charge in [0.05, 0.1) is 35.2 Å². The zero-order valence-corrected chi connectivity index (χ0v) is 33.8. The van der Waals surface area contributed by atoms with Gasteiger partial charge in [0.25, 0.3) is 0 Å². The van der Waals surface area contributed by atoms with E-state index in [1.165, 1.54) is 0 Å². The van der Waals surface area contributed by atoms with Crippen LogP contribution in [0.25, 0.3) is 56.0 Å². The van der Waals surface area contributed by atoms with Crippen LogP contribution in [0, 0.1) is 0 Å². The van der Waals surface area contributed by atoms with Gasteiger partial charge in [0.1, 0.15) is 5.75 Å². The third-order valence-electron chi connectivity index (χ3n) is 9.64. The Morgan fingerprint density at radius 1 is 0.649 bits per heavy atom. The molecule has 9 rings (SSSR count). The van der Waals surface area contributed by atoms with Crippen molar-refractivity contribution in [3.05, 3.63) is 192 Å². The number of aliphatic imine (C=N–C) groups is 2. The van der Waals surface area contributed by atoms with Crippen LogP contribution in [-0.2, 0) is 19.9 Å². The third-order valence-corrected chi connectivity index (χ3v) is 9.64. The molecule has 9 heteroatoms. The van der Waals surface area contributed by atoms with E-state index in [4.69, 9.17) is 34.5 Å². The average molecular weight is 874 g/mol. The fourth-order valence-electron chi connectivity index (χ4n) is 7.23. The Labute approximate surface area is 346 Å². The molecule has 1 aliphatic heterocycles. The Kier molecular flexibility index (Phi) is 12.6. The predicted octanol–water partition coefficient (Wildman–Crippen LogP) is 11.6. The SMILES string of the molecule is CO.O=C1C=Cc2ccccc2/C1=C1/C(=N\C=C2\C=CC=C(C=Nc3ccc4ccccc4c3-c3c(O)ccc4ccccc34)N2)C=Cc2ccccc21.[Cl][Ru][Cl]. The van der Waals surface area contributed by atoms with Crippen molar-refractivity contribution in [2.45, 2.75) is 0 Å². The van der Waals surface area contributed by atoms with Crippen molar-refractivity contribution in [3.63, 3.8) is 0 Å². The van der Waals surface area contributed by atoms with Crippen LogP contribution in [0.5, 0.6) is 5.75 Å². The number of hydrogen-bond donors (Lipinski definition) is 3. The van der Waals surface area contributed by atoms with Crippen molar-refractivity contribution >= 4 is 87.6 Å². The molecule has 1 heterocycles. The number of nitrogens with zero attached hydrogens (tertiary/aromatic N) is 2. The molecule has 0 spiro atoms. The summed E-state index contributed by atoms with van der Waals surface area (Å²) in [5.74, 6) is 0.165. The van der Waals surface area contributed by atoms with Gasteiger partial charge in [0.15, 0.2) is 5.78 Å². The first kappa shape index (κ1) is 39.3. The molecule has 0 atom stereocenters.